The van der Waals surface area contributed by atoms with Gasteiger partial charge < -0.3 is 29.1 Å². The van der Waals surface area contributed by atoms with Crippen molar-refractivity contribution in [2.75, 3.05) is 14.2 Å². The van der Waals surface area contributed by atoms with E-state index in [2.05, 4.69) is 9.97 Å². The van der Waals surface area contributed by atoms with Gasteiger partial charge in [0.2, 0.25) is 11.2 Å². The molecule has 0 aliphatic carbocycles. The largest absolute Gasteiger partial charge is 0.501 e. The van der Waals surface area contributed by atoms with E-state index in [0.717, 1.165) is 0 Å². The van der Waals surface area contributed by atoms with Crippen LogP contribution in [-0.2, 0) is 0 Å². The summed E-state index contributed by atoms with van der Waals surface area (Å²) >= 11 is 0. The van der Waals surface area contributed by atoms with Crippen molar-refractivity contribution in [3.8, 4) is 51.3 Å². The van der Waals surface area contributed by atoms with E-state index in [1.54, 1.807) is 37.3 Å². The maximum atomic E-state index is 12.2. The molecule has 2 aromatic carbocycles. The molecule has 0 aliphatic rings. The highest BCUT2D eigenvalue weighted by Crippen LogP contribution is 2.41. The average molecular weight is 448 g/mol. The van der Waals surface area contributed by atoms with Crippen molar-refractivity contribution in [3.05, 3.63) is 70.1 Å². The van der Waals surface area contributed by atoms with E-state index in [9.17, 15) is 19.8 Å². The number of imidazole rings is 1. The lowest BCUT2D eigenvalue weighted by molar-refractivity contribution is 0.0693. The standard InChI is InChI=1S/C24H20N2O7/c1-12-11-15(27)20(28)22(33-12)19-18(13-7-5-4-6-8-13)25-23(26-19)14-9-10-16(31-2)21(32-3)17(14)24(29)30/h4-11,28H,1-3H3,(H,25,26)(H,29,30). The molecule has 9 nitrogen and oxygen atoms in total. The van der Waals surface area contributed by atoms with Crippen LogP contribution in [0.1, 0.15) is 16.1 Å². The number of ether oxygens (including phenoxy) is 2. The van der Waals surface area contributed by atoms with Gasteiger partial charge in [0.25, 0.3) is 0 Å². The molecule has 0 aliphatic heterocycles. The van der Waals surface area contributed by atoms with Crippen LogP contribution in [0.15, 0.2) is 57.7 Å². The minimum atomic E-state index is -1.25. The van der Waals surface area contributed by atoms with Gasteiger partial charge in [-0.05, 0) is 19.1 Å². The van der Waals surface area contributed by atoms with Crippen LogP contribution in [0.4, 0.5) is 0 Å². The molecule has 4 rings (SSSR count). The Hall–Kier alpha value is -4.53. The quantitative estimate of drug-likeness (QED) is 0.401. The zero-order valence-corrected chi connectivity index (χ0v) is 18.0. The number of aromatic amines is 1. The second kappa shape index (κ2) is 8.54. The van der Waals surface area contributed by atoms with Crippen molar-refractivity contribution in [2.24, 2.45) is 0 Å². The summed E-state index contributed by atoms with van der Waals surface area (Å²) in [4.78, 5) is 32.0. The van der Waals surface area contributed by atoms with Gasteiger partial charge in [-0.25, -0.2) is 9.78 Å². The van der Waals surface area contributed by atoms with Gasteiger partial charge in [0, 0.05) is 17.2 Å². The Morgan fingerprint density at radius 3 is 2.45 bits per heavy atom. The Labute approximate surface area is 187 Å². The van der Waals surface area contributed by atoms with E-state index >= 15 is 0 Å². The molecule has 0 saturated heterocycles. The van der Waals surface area contributed by atoms with Gasteiger partial charge in [-0.1, -0.05) is 30.3 Å². The molecule has 2 heterocycles. The fourth-order valence-electron chi connectivity index (χ4n) is 3.58. The highest BCUT2D eigenvalue weighted by molar-refractivity contribution is 5.99. The molecule has 9 heteroatoms. The molecule has 0 amide bonds. The Balaban J connectivity index is 2.05. The number of H-pyrrole nitrogens is 1. The molecule has 2 aromatic heterocycles. The minimum absolute atomic E-state index is 0.0339. The van der Waals surface area contributed by atoms with Crippen LogP contribution in [0.2, 0.25) is 0 Å². The minimum Gasteiger partial charge on any atom is -0.501 e. The van der Waals surface area contributed by atoms with E-state index < -0.39 is 17.1 Å². The molecule has 168 valence electrons. The zero-order chi connectivity index (χ0) is 23.7. The number of carboxylic acid groups (broad SMARTS) is 1. The average Bonchev–Trinajstić information content (AvgIpc) is 3.25. The molecule has 33 heavy (non-hydrogen) atoms. The Morgan fingerprint density at radius 1 is 1.09 bits per heavy atom. The van der Waals surface area contributed by atoms with Gasteiger partial charge in [-0.2, -0.15) is 0 Å². The molecule has 4 aromatic rings. The van der Waals surface area contributed by atoms with Crippen molar-refractivity contribution in [2.45, 2.75) is 6.92 Å². The van der Waals surface area contributed by atoms with E-state index in [1.807, 2.05) is 6.07 Å². The van der Waals surface area contributed by atoms with Gasteiger partial charge in [-0.3, -0.25) is 4.79 Å². The Morgan fingerprint density at radius 2 is 1.82 bits per heavy atom. The molecule has 0 atom stereocenters. The zero-order valence-electron chi connectivity index (χ0n) is 18.0. The number of aryl methyl sites for hydroxylation is 1. The molecule has 0 radical (unpaired) electrons. The third kappa shape index (κ3) is 3.80. The van der Waals surface area contributed by atoms with Crippen LogP contribution in [0.3, 0.4) is 0 Å². The lowest BCUT2D eigenvalue weighted by atomic mass is 10.0. The Bertz CT molecular complexity index is 1400. The van der Waals surface area contributed by atoms with E-state index in [0.29, 0.717) is 17.0 Å². The first kappa shape index (κ1) is 21.7. The van der Waals surface area contributed by atoms with Crippen LogP contribution in [0.5, 0.6) is 17.2 Å². The fourth-order valence-corrected chi connectivity index (χ4v) is 3.58. The van der Waals surface area contributed by atoms with E-state index in [-0.39, 0.29) is 39.9 Å². The summed E-state index contributed by atoms with van der Waals surface area (Å²) in [5, 5.41) is 20.3. The maximum absolute atomic E-state index is 12.2. The van der Waals surface area contributed by atoms with Crippen LogP contribution < -0.4 is 14.9 Å². The highest BCUT2D eigenvalue weighted by atomic mass is 16.5. The fraction of sp³-hybridized carbons (Fsp3) is 0.125. The second-order valence-corrected chi connectivity index (χ2v) is 7.10. The predicted octanol–water partition coefficient (Wildman–Crippen LogP) is 4.09. The number of aromatic nitrogens is 2. The van der Waals surface area contributed by atoms with Crippen molar-refractivity contribution in [3.63, 3.8) is 0 Å². The summed E-state index contributed by atoms with van der Waals surface area (Å²) in [5.74, 6) is -1.19. The third-order valence-corrected chi connectivity index (χ3v) is 5.04. The van der Waals surface area contributed by atoms with Gasteiger partial charge in [0.15, 0.2) is 17.3 Å². The molecular weight excluding hydrogens is 428 g/mol. The monoisotopic (exact) mass is 448 g/mol. The van der Waals surface area contributed by atoms with E-state index in [1.165, 1.54) is 26.4 Å². The summed E-state index contributed by atoms with van der Waals surface area (Å²) in [6.07, 6.45) is 0. The maximum Gasteiger partial charge on any atom is 0.340 e. The van der Waals surface area contributed by atoms with Gasteiger partial charge in [0.05, 0.1) is 14.2 Å². The molecule has 0 bridgehead atoms. The Kier molecular flexibility index (Phi) is 5.61. The van der Waals surface area contributed by atoms with Crippen LogP contribution >= 0.6 is 0 Å². The molecule has 0 fully saturated rings. The van der Waals surface area contributed by atoms with Crippen LogP contribution in [-0.4, -0.2) is 40.4 Å². The number of nitrogens with zero attached hydrogens (tertiary/aromatic N) is 1. The van der Waals surface area contributed by atoms with Crippen molar-refractivity contribution < 1.29 is 28.9 Å². The van der Waals surface area contributed by atoms with Crippen molar-refractivity contribution in [1.82, 2.24) is 9.97 Å². The van der Waals surface area contributed by atoms with Gasteiger partial charge in [-0.15, -0.1) is 0 Å². The number of nitrogens with one attached hydrogen (secondary N) is 1. The summed E-state index contributed by atoms with van der Waals surface area (Å²) in [7, 11) is 2.75. The van der Waals surface area contributed by atoms with Gasteiger partial charge in [0.1, 0.15) is 28.5 Å². The number of hydrogen-bond donors (Lipinski definition) is 3. The highest BCUT2D eigenvalue weighted by Gasteiger charge is 2.27. The summed E-state index contributed by atoms with van der Waals surface area (Å²) in [6, 6.07) is 13.3. The molecule has 0 spiro atoms. The summed E-state index contributed by atoms with van der Waals surface area (Å²) < 4.78 is 16.2. The number of rotatable bonds is 6. The molecule has 3 N–H and O–H groups in total. The first-order chi connectivity index (χ1) is 15.8. The first-order valence-electron chi connectivity index (χ1n) is 9.83. The summed E-state index contributed by atoms with van der Waals surface area (Å²) in [5.41, 5.74) is 0.698. The van der Waals surface area contributed by atoms with Crippen LogP contribution in [0.25, 0.3) is 34.1 Å². The predicted molar refractivity (Wildman–Crippen MR) is 120 cm³/mol. The lowest BCUT2D eigenvalue weighted by Gasteiger charge is -2.13. The number of aromatic carboxylic acids is 1. The topological polar surface area (TPSA) is 135 Å². The first-order valence-corrected chi connectivity index (χ1v) is 9.83. The molecular formula is C24H20N2O7. The number of benzene rings is 2. The lowest BCUT2D eigenvalue weighted by Crippen LogP contribution is -2.05. The normalized spacial score (nSPS) is 10.8. The number of hydrogen-bond acceptors (Lipinski definition) is 7. The third-order valence-electron chi connectivity index (χ3n) is 5.04. The molecule has 0 saturated carbocycles. The SMILES string of the molecule is COc1ccc(-c2nc(-c3ccccc3)c(-c3oc(C)cc(=O)c3O)[nH]2)c(C(=O)O)c1OC. The number of carboxylic acids is 1. The number of methoxy groups -OCH3 is 2. The van der Waals surface area contributed by atoms with Crippen molar-refractivity contribution >= 4 is 5.97 Å². The van der Waals surface area contributed by atoms with Gasteiger partial charge >= 0.3 is 5.97 Å². The number of carbonyl (C=O) groups is 1. The smallest absolute Gasteiger partial charge is 0.340 e. The number of aromatic hydroxyl groups is 1. The molecule has 0 unspecified atom stereocenters. The summed E-state index contributed by atoms with van der Waals surface area (Å²) in [6.45, 7) is 1.58. The second-order valence-electron chi connectivity index (χ2n) is 7.10. The van der Waals surface area contributed by atoms with Crippen molar-refractivity contribution in [1.29, 1.82) is 0 Å². The van der Waals surface area contributed by atoms with Crippen LogP contribution in [0, 0.1) is 6.92 Å². The van der Waals surface area contributed by atoms with E-state index in [4.69, 9.17) is 13.9 Å².